The van der Waals surface area contributed by atoms with E-state index in [1.54, 1.807) is 6.07 Å². The minimum atomic E-state index is -0.128. The van der Waals surface area contributed by atoms with Crippen molar-refractivity contribution in [3.8, 4) is 11.1 Å². The molecular weight excluding hydrogens is 261 g/mol. The molecule has 21 heavy (non-hydrogen) atoms. The molecule has 0 saturated heterocycles. The normalized spacial score (nSPS) is 10.8. The van der Waals surface area contributed by atoms with Gasteiger partial charge in [-0.1, -0.05) is 56.7 Å². The van der Waals surface area contributed by atoms with E-state index < -0.39 is 0 Å². The molecule has 0 unspecified atom stereocenters. The topological polar surface area (TPSA) is 12.0 Å². The highest BCUT2D eigenvalue weighted by molar-refractivity contribution is 5.64. The number of aryl methyl sites for hydroxylation is 1. The summed E-state index contributed by atoms with van der Waals surface area (Å²) in [6.45, 7) is 5.79. The van der Waals surface area contributed by atoms with Crippen LogP contribution in [0.15, 0.2) is 42.5 Å². The maximum Gasteiger partial charge on any atom is 0.128 e. The largest absolute Gasteiger partial charge is 0.313 e. The average molecular weight is 285 g/mol. The summed E-state index contributed by atoms with van der Waals surface area (Å²) in [4.78, 5) is 0. The Labute approximate surface area is 127 Å². The van der Waals surface area contributed by atoms with Gasteiger partial charge in [0.2, 0.25) is 0 Å². The van der Waals surface area contributed by atoms with Crippen molar-refractivity contribution in [2.75, 3.05) is 6.54 Å². The van der Waals surface area contributed by atoms with Crippen molar-refractivity contribution >= 4 is 0 Å². The summed E-state index contributed by atoms with van der Waals surface area (Å²) in [5.74, 6) is -0.128. The van der Waals surface area contributed by atoms with E-state index >= 15 is 0 Å². The lowest BCUT2D eigenvalue weighted by molar-refractivity contribution is 0.587. The molecule has 0 aromatic heterocycles. The number of halogens is 1. The van der Waals surface area contributed by atoms with Gasteiger partial charge in [-0.2, -0.15) is 0 Å². The van der Waals surface area contributed by atoms with Gasteiger partial charge in [-0.25, -0.2) is 4.39 Å². The Morgan fingerprint density at radius 3 is 2.48 bits per heavy atom. The van der Waals surface area contributed by atoms with Crippen LogP contribution in [0.1, 0.15) is 37.8 Å². The molecule has 2 rings (SSSR count). The SMILES string of the molecule is CCCNCc1ccc(-c2cccc(CCC)c2)cc1F. The number of benzene rings is 2. The summed E-state index contributed by atoms with van der Waals surface area (Å²) in [6.07, 6.45) is 3.25. The first-order valence-electron chi connectivity index (χ1n) is 7.83. The first-order chi connectivity index (χ1) is 10.2. The zero-order chi connectivity index (χ0) is 15.1. The van der Waals surface area contributed by atoms with E-state index in [2.05, 4.69) is 37.4 Å². The molecule has 2 aromatic rings. The first kappa shape index (κ1) is 15.7. The Morgan fingerprint density at radius 2 is 1.76 bits per heavy atom. The van der Waals surface area contributed by atoms with E-state index in [1.807, 2.05) is 18.2 Å². The van der Waals surface area contributed by atoms with Crippen LogP contribution in [0, 0.1) is 5.82 Å². The molecule has 0 amide bonds. The van der Waals surface area contributed by atoms with Crippen LogP contribution >= 0.6 is 0 Å². The van der Waals surface area contributed by atoms with Crippen molar-refractivity contribution in [2.45, 2.75) is 39.7 Å². The Bertz CT molecular complexity index is 578. The molecule has 1 nitrogen and oxygen atoms in total. The van der Waals surface area contributed by atoms with Gasteiger partial charge in [-0.3, -0.25) is 0 Å². The molecule has 2 aromatic carbocycles. The molecular formula is C19H24FN. The lowest BCUT2D eigenvalue weighted by Crippen LogP contribution is -2.14. The van der Waals surface area contributed by atoms with Crippen LogP contribution < -0.4 is 5.32 Å². The highest BCUT2D eigenvalue weighted by Crippen LogP contribution is 2.23. The Morgan fingerprint density at radius 1 is 0.952 bits per heavy atom. The van der Waals surface area contributed by atoms with Gasteiger partial charge in [-0.05, 0) is 42.1 Å². The smallest absolute Gasteiger partial charge is 0.128 e. The molecule has 0 bridgehead atoms. The Hall–Kier alpha value is -1.67. The summed E-state index contributed by atoms with van der Waals surface area (Å²) in [7, 11) is 0. The first-order valence-corrected chi connectivity index (χ1v) is 7.83. The molecule has 0 heterocycles. The molecule has 0 aliphatic heterocycles. The van der Waals surface area contributed by atoms with Crippen molar-refractivity contribution in [3.63, 3.8) is 0 Å². The van der Waals surface area contributed by atoms with E-state index in [0.717, 1.165) is 42.5 Å². The maximum atomic E-state index is 14.2. The van der Waals surface area contributed by atoms with Crippen molar-refractivity contribution in [3.05, 3.63) is 59.4 Å². The zero-order valence-corrected chi connectivity index (χ0v) is 13.0. The molecule has 0 saturated carbocycles. The second-order valence-corrected chi connectivity index (χ2v) is 5.43. The van der Waals surface area contributed by atoms with Crippen LogP contribution in [0.4, 0.5) is 4.39 Å². The van der Waals surface area contributed by atoms with Crippen LogP contribution in [-0.2, 0) is 13.0 Å². The fourth-order valence-corrected chi connectivity index (χ4v) is 2.47. The molecule has 0 radical (unpaired) electrons. The highest BCUT2D eigenvalue weighted by Gasteiger charge is 2.05. The average Bonchev–Trinajstić information content (AvgIpc) is 2.50. The van der Waals surface area contributed by atoms with Crippen molar-refractivity contribution in [1.29, 1.82) is 0 Å². The molecule has 0 fully saturated rings. The summed E-state index contributed by atoms with van der Waals surface area (Å²) in [5, 5.41) is 3.24. The van der Waals surface area contributed by atoms with E-state index in [1.165, 1.54) is 5.56 Å². The van der Waals surface area contributed by atoms with Gasteiger partial charge in [0.05, 0.1) is 0 Å². The van der Waals surface area contributed by atoms with E-state index in [4.69, 9.17) is 0 Å². The van der Waals surface area contributed by atoms with Crippen LogP contribution in [0.25, 0.3) is 11.1 Å². The Kier molecular flexibility index (Phi) is 5.94. The van der Waals surface area contributed by atoms with Gasteiger partial charge in [0, 0.05) is 12.1 Å². The highest BCUT2D eigenvalue weighted by atomic mass is 19.1. The molecule has 0 spiro atoms. The molecule has 2 heteroatoms. The lowest BCUT2D eigenvalue weighted by Gasteiger charge is -2.09. The second kappa shape index (κ2) is 7.94. The quantitative estimate of drug-likeness (QED) is 0.710. The summed E-state index contributed by atoms with van der Waals surface area (Å²) >= 11 is 0. The van der Waals surface area contributed by atoms with Gasteiger partial charge >= 0.3 is 0 Å². The summed E-state index contributed by atoms with van der Waals surface area (Å²) in [5.41, 5.74) is 4.08. The fourth-order valence-electron chi connectivity index (χ4n) is 2.47. The van der Waals surface area contributed by atoms with Crippen molar-refractivity contribution < 1.29 is 4.39 Å². The number of hydrogen-bond donors (Lipinski definition) is 1. The van der Waals surface area contributed by atoms with E-state index in [9.17, 15) is 4.39 Å². The van der Waals surface area contributed by atoms with E-state index in [-0.39, 0.29) is 5.82 Å². The van der Waals surface area contributed by atoms with Crippen molar-refractivity contribution in [2.24, 2.45) is 0 Å². The zero-order valence-electron chi connectivity index (χ0n) is 13.0. The maximum absolute atomic E-state index is 14.2. The van der Waals surface area contributed by atoms with Crippen LogP contribution in [-0.4, -0.2) is 6.54 Å². The van der Waals surface area contributed by atoms with Gasteiger partial charge < -0.3 is 5.32 Å². The second-order valence-electron chi connectivity index (χ2n) is 5.43. The lowest BCUT2D eigenvalue weighted by atomic mass is 10.00. The standard InChI is InChI=1S/C19H24FN/c1-3-6-15-7-5-8-16(12-15)17-9-10-18(19(20)13-17)14-21-11-4-2/h5,7-10,12-13,21H,3-4,6,11,14H2,1-2H3. The predicted molar refractivity (Wildman–Crippen MR) is 87.8 cm³/mol. The monoisotopic (exact) mass is 285 g/mol. The fraction of sp³-hybridized carbons (Fsp3) is 0.368. The third-order valence-corrected chi connectivity index (χ3v) is 3.59. The molecule has 0 aliphatic carbocycles. The summed E-state index contributed by atoms with van der Waals surface area (Å²) < 4.78 is 14.2. The third-order valence-electron chi connectivity index (χ3n) is 3.59. The van der Waals surface area contributed by atoms with Crippen molar-refractivity contribution in [1.82, 2.24) is 5.32 Å². The minimum Gasteiger partial charge on any atom is -0.313 e. The van der Waals surface area contributed by atoms with Gasteiger partial charge in [-0.15, -0.1) is 0 Å². The molecule has 112 valence electrons. The van der Waals surface area contributed by atoms with Crippen LogP contribution in [0.5, 0.6) is 0 Å². The van der Waals surface area contributed by atoms with Gasteiger partial charge in [0.1, 0.15) is 5.82 Å². The molecule has 0 aliphatic rings. The van der Waals surface area contributed by atoms with Crippen LogP contribution in [0.2, 0.25) is 0 Å². The van der Waals surface area contributed by atoms with Crippen LogP contribution in [0.3, 0.4) is 0 Å². The third kappa shape index (κ3) is 4.40. The minimum absolute atomic E-state index is 0.128. The number of nitrogens with one attached hydrogen (secondary N) is 1. The van der Waals surface area contributed by atoms with Gasteiger partial charge in [0.15, 0.2) is 0 Å². The summed E-state index contributed by atoms with van der Waals surface area (Å²) in [6, 6.07) is 13.9. The Balaban J connectivity index is 2.17. The predicted octanol–water partition coefficient (Wildman–Crippen LogP) is 4.94. The molecule has 1 N–H and O–H groups in total. The molecule has 0 atom stereocenters. The van der Waals surface area contributed by atoms with E-state index in [0.29, 0.717) is 6.54 Å². The van der Waals surface area contributed by atoms with Gasteiger partial charge in [0.25, 0.3) is 0 Å². The number of hydrogen-bond acceptors (Lipinski definition) is 1. The number of rotatable bonds is 7.